The van der Waals surface area contributed by atoms with Gasteiger partial charge in [-0.15, -0.1) is 0 Å². The molecule has 1 atom stereocenters. The van der Waals surface area contributed by atoms with E-state index in [1.165, 1.54) is 0 Å². The Morgan fingerprint density at radius 1 is 1.12 bits per heavy atom. The van der Waals surface area contributed by atoms with Crippen LogP contribution in [0.25, 0.3) is 22.5 Å². The van der Waals surface area contributed by atoms with Crippen LogP contribution in [0.3, 0.4) is 0 Å². The van der Waals surface area contributed by atoms with Crippen LogP contribution in [0.15, 0.2) is 60.9 Å². The summed E-state index contributed by atoms with van der Waals surface area (Å²) in [4.78, 5) is 4.68. The smallest absolute Gasteiger partial charge is 0.0991 e. The lowest BCUT2D eigenvalue weighted by Crippen LogP contribution is -2.15. The molecular weight excluding hydrogens is 310 g/mol. The topological polar surface area (TPSA) is 50.8 Å². The number of nitrogens with zero attached hydrogens (tertiary/aromatic N) is 3. The summed E-state index contributed by atoms with van der Waals surface area (Å²) in [6, 6.07) is 20.1. The predicted octanol–water partition coefficient (Wildman–Crippen LogP) is 4.27. The minimum atomic E-state index is 0.232. The van der Waals surface area contributed by atoms with Crippen molar-refractivity contribution >= 4 is 0 Å². The summed E-state index contributed by atoms with van der Waals surface area (Å²) < 4.78 is 7.97. The zero-order valence-corrected chi connectivity index (χ0v) is 13.9. The molecule has 4 rings (SSSR count). The van der Waals surface area contributed by atoms with Gasteiger partial charge in [-0.3, -0.25) is 0 Å². The Hall–Kier alpha value is -2.90. The molecule has 124 valence electrons. The van der Waals surface area contributed by atoms with Gasteiger partial charge in [0.1, 0.15) is 0 Å². The number of imidazole rings is 1. The summed E-state index contributed by atoms with van der Waals surface area (Å²) in [5.41, 5.74) is 4.72. The highest BCUT2D eigenvalue weighted by Gasteiger charge is 2.21. The van der Waals surface area contributed by atoms with Gasteiger partial charge in [-0.2, -0.15) is 5.26 Å². The molecule has 1 saturated heterocycles. The Morgan fingerprint density at radius 3 is 2.72 bits per heavy atom. The Bertz CT molecular complexity index is 902. The first kappa shape index (κ1) is 15.6. The molecule has 25 heavy (non-hydrogen) atoms. The van der Waals surface area contributed by atoms with Crippen molar-refractivity contribution in [3.05, 3.63) is 66.5 Å². The van der Waals surface area contributed by atoms with Crippen molar-refractivity contribution in [3.63, 3.8) is 0 Å². The number of rotatable bonds is 4. The fourth-order valence-electron chi connectivity index (χ4n) is 3.37. The molecule has 0 saturated carbocycles. The summed E-state index contributed by atoms with van der Waals surface area (Å²) in [6.45, 7) is 1.62. The molecule has 0 radical (unpaired) electrons. The van der Waals surface area contributed by atoms with E-state index in [0.717, 1.165) is 48.5 Å². The first-order chi connectivity index (χ1) is 12.3. The van der Waals surface area contributed by atoms with E-state index in [1.807, 2.05) is 48.8 Å². The zero-order chi connectivity index (χ0) is 17.1. The average Bonchev–Trinajstić information content (AvgIpc) is 3.33. The van der Waals surface area contributed by atoms with Crippen LogP contribution < -0.4 is 0 Å². The fraction of sp³-hybridized carbons (Fsp3) is 0.238. The normalized spacial score (nSPS) is 16.7. The maximum atomic E-state index is 9.25. The summed E-state index contributed by atoms with van der Waals surface area (Å²) in [7, 11) is 0. The van der Waals surface area contributed by atoms with Crippen molar-refractivity contribution < 1.29 is 4.74 Å². The standard InChI is InChI=1S/C21H19N3O/c22-13-16-6-4-9-18(12-16)21-20(17-7-2-1-3-8-17)23-15-24(21)14-19-10-5-11-25-19/h1-4,6-9,12,15,19H,5,10-11,14H2/t19-/m1/s1. The van der Waals surface area contributed by atoms with Crippen LogP contribution in [0.2, 0.25) is 0 Å². The van der Waals surface area contributed by atoms with Gasteiger partial charge >= 0.3 is 0 Å². The molecular formula is C21H19N3O. The minimum absolute atomic E-state index is 0.232. The van der Waals surface area contributed by atoms with Gasteiger partial charge in [-0.25, -0.2) is 4.98 Å². The molecule has 1 aromatic heterocycles. The number of ether oxygens (including phenoxy) is 1. The SMILES string of the molecule is N#Cc1cccc(-c2c(-c3ccccc3)ncn2C[C@H]2CCCO2)c1. The number of nitriles is 1. The third kappa shape index (κ3) is 3.19. The van der Waals surface area contributed by atoms with Crippen LogP contribution in [-0.2, 0) is 11.3 Å². The third-order valence-corrected chi connectivity index (χ3v) is 4.57. The summed E-state index contributed by atoms with van der Waals surface area (Å²) in [5.74, 6) is 0. The van der Waals surface area contributed by atoms with Crippen LogP contribution >= 0.6 is 0 Å². The Kier molecular flexibility index (Phi) is 4.32. The molecule has 4 nitrogen and oxygen atoms in total. The molecule has 0 bridgehead atoms. The highest BCUT2D eigenvalue weighted by atomic mass is 16.5. The van der Waals surface area contributed by atoms with E-state index >= 15 is 0 Å². The van der Waals surface area contributed by atoms with Crippen molar-refractivity contribution in [1.29, 1.82) is 5.26 Å². The van der Waals surface area contributed by atoms with E-state index in [9.17, 15) is 5.26 Å². The second kappa shape index (κ2) is 6.92. The van der Waals surface area contributed by atoms with Crippen LogP contribution in [0.1, 0.15) is 18.4 Å². The van der Waals surface area contributed by atoms with Crippen molar-refractivity contribution in [2.75, 3.05) is 6.61 Å². The van der Waals surface area contributed by atoms with Crippen LogP contribution in [0.4, 0.5) is 0 Å². The fourth-order valence-corrected chi connectivity index (χ4v) is 3.37. The molecule has 4 heteroatoms. The maximum Gasteiger partial charge on any atom is 0.0991 e. The quantitative estimate of drug-likeness (QED) is 0.718. The number of benzene rings is 2. The van der Waals surface area contributed by atoms with E-state index in [-0.39, 0.29) is 6.10 Å². The van der Waals surface area contributed by atoms with Gasteiger partial charge in [0.2, 0.25) is 0 Å². The Balaban J connectivity index is 1.82. The number of aromatic nitrogens is 2. The first-order valence-electron chi connectivity index (χ1n) is 8.58. The lowest BCUT2D eigenvalue weighted by molar-refractivity contribution is 0.0973. The molecule has 1 fully saturated rings. The van der Waals surface area contributed by atoms with E-state index in [2.05, 4.69) is 27.8 Å². The zero-order valence-electron chi connectivity index (χ0n) is 13.9. The Morgan fingerprint density at radius 2 is 1.96 bits per heavy atom. The minimum Gasteiger partial charge on any atom is -0.376 e. The van der Waals surface area contributed by atoms with Gasteiger partial charge in [-0.05, 0) is 25.0 Å². The summed E-state index contributed by atoms with van der Waals surface area (Å²) >= 11 is 0. The average molecular weight is 329 g/mol. The molecule has 2 aromatic carbocycles. The Labute approximate surface area is 147 Å². The van der Waals surface area contributed by atoms with Crippen molar-refractivity contribution in [2.45, 2.75) is 25.5 Å². The predicted molar refractivity (Wildman–Crippen MR) is 96.8 cm³/mol. The van der Waals surface area contributed by atoms with Gasteiger partial charge in [-0.1, -0.05) is 42.5 Å². The maximum absolute atomic E-state index is 9.25. The van der Waals surface area contributed by atoms with E-state index in [4.69, 9.17) is 4.74 Å². The third-order valence-electron chi connectivity index (χ3n) is 4.57. The molecule has 0 unspecified atom stereocenters. The monoisotopic (exact) mass is 329 g/mol. The summed E-state index contributed by atoms with van der Waals surface area (Å²) in [6.07, 6.45) is 4.31. The summed E-state index contributed by atoms with van der Waals surface area (Å²) in [5, 5.41) is 9.25. The van der Waals surface area contributed by atoms with Gasteiger partial charge in [0.05, 0.1) is 42.0 Å². The van der Waals surface area contributed by atoms with E-state index in [0.29, 0.717) is 5.56 Å². The van der Waals surface area contributed by atoms with E-state index in [1.54, 1.807) is 0 Å². The van der Waals surface area contributed by atoms with Crippen LogP contribution in [-0.4, -0.2) is 22.3 Å². The van der Waals surface area contributed by atoms with Gasteiger partial charge in [0.15, 0.2) is 0 Å². The molecule has 1 aliphatic heterocycles. The van der Waals surface area contributed by atoms with E-state index < -0.39 is 0 Å². The molecule has 0 aliphatic carbocycles. The van der Waals surface area contributed by atoms with Gasteiger partial charge in [0.25, 0.3) is 0 Å². The van der Waals surface area contributed by atoms with Gasteiger partial charge < -0.3 is 9.30 Å². The van der Waals surface area contributed by atoms with Gasteiger partial charge in [0, 0.05) is 17.7 Å². The molecule has 2 heterocycles. The molecule has 0 amide bonds. The number of hydrogen-bond donors (Lipinski definition) is 0. The molecule has 3 aromatic rings. The van der Waals surface area contributed by atoms with Crippen LogP contribution in [0, 0.1) is 11.3 Å². The lowest BCUT2D eigenvalue weighted by Gasteiger charge is -2.15. The second-order valence-corrected chi connectivity index (χ2v) is 6.29. The molecule has 1 aliphatic rings. The van der Waals surface area contributed by atoms with Crippen LogP contribution in [0.5, 0.6) is 0 Å². The van der Waals surface area contributed by atoms with Crippen molar-refractivity contribution in [2.24, 2.45) is 0 Å². The highest BCUT2D eigenvalue weighted by Crippen LogP contribution is 2.32. The highest BCUT2D eigenvalue weighted by molar-refractivity contribution is 5.79. The van der Waals surface area contributed by atoms with Crippen molar-refractivity contribution in [3.8, 4) is 28.6 Å². The lowest BCUT2D eigenvalue weighted by atomic mass is 10.0. The number of hydrogen-bond acceptors (Lipinski definition) is 3. The second-order valence-electron chi connectivity index (χ2n) is 6.29. The molecule has 0 N–H and O–H groups in total. The molecule has 0 spiro atoms. The largest absolute Gasteiger partial charge is 0.376 e. The van der Waals surface area contributed by atoms with Crippen molar-refractivity contribution in [1.82, 2.24) is 9.55 Å². The first-order valence-corrected chi connectivity index (χ1v) is 8.58.